The van der Waals surface area contributed by atoms with Gasteiger partial charge in [0.1, 0.15) is 17.5 Å². The number of aryl methyl sites for hydroxylation is 2. The fourth-order valence-corrected chi connectivity index (χ4v) is 4.36. The highest BCUT2D eigenvalue weighted by Crippen LogP contribution is 2.40. The Morgan fingerprint density at radius 1 is 1.21 bits per heavy atom. The highest BCUT2D eigenvalue weighted by Gasteiger charge is 2.33. The van der Waals surface area contributed by atoms with Crippen molar-refractivity contribution in [1.29, 1.82) is 0 Å². The quantitative estimate of drug-likeness (QED) is 0.419. The highest BCUT2D eigenvalue weighted by atomic mass is 32.2. The van der Waals surface area contributed by atoms with Gasteiger partial charge in [-0.3, -0.25) is 14.3 Å². The molecule has 0 fully saturated rings. The molecule has 0 spiro atoms. The smallest absolute Gasteiger partial charge is 0.414 e. The Morgan fingerprint density at radius 2 is 1.94 bits per heavy atom. The number of ether oxygens (including phenoxy) is 1. The second-order valence-electron chi connectivity index (χ2n) is 9.01. The molecule has 10 heteroatoms. The van der Waals surface area contributed by atoms with Gasteiger partial charge < -0.3 is 14.2 Å². The molecule has 33 heavy (non-hydrogen) atoms. The van der Waals surface area contributed by atoms with E-state index in [2.05, 4.69) is 9.97 Å². The summed E-state index contributed by atoms with van der Waals surface area (Å²) in [6.45, 7) is 8.20. The molecule has 1 aliphatic heterocycles. The van der Waals surface area contributed by atoms with Gasteiger partial charge in [-0.05, 0) is 45.4 Å². The van der Waals surface area contributed by atoms with E-state index in [1.165, 1.54) is 10.8 Å². The van der Waals surface area contributed by atoms with Crippen LogP contribution in [0.4, 0.5) is 21.9 Å². The first-order valence-electron chi connectivity index (χ1n) is 10.6. The molecule has 0 bridgehead atoms. The van der Waals surface area contributed by atoms with Crippen LogP contribution in [0.3, 0.4) is 0 Å². The van der Waals surface area contributed by atoms with Crippen LogP contribution in [0.5, 0.6) is 0 Å². The molecule has 2 aromatic heterocycles. The van der Waals surface area contributed by atoms with Gasteiger partial charge in [-0.1, -0.05) is 12.1 Å². The van der Waals surface area contributed by atoms with E-state index >= 15 is 0 Å². The van der Waals surface area contributed by atoms with Crippen LogP contribution in [0.15, 0.2) is 40.4 Å². The Bertz CT molecular complexity index is 1300. The summed E-state index contributed by atoms with van der Waals surface area (Å²) in [7, 11) is 1.64. The van der Waals surface area contributed by atoms with E-state index in [0.29, 0.717) is 35.5 Å². The summed E-state index contributed by atoms with van der Waals surface area (Å²) in [6, 6.07) is 7.47. The van der Waals surface area contributed by atoms with E-state index in [1.807, 2.05) is 50.8 Å². The molecule has 174 valence electrons. The molecule has 1 unspecified atom stereocenters. The second kappa shape index (κ2) is 8.35. The molecule has 1 aromatic carbocycles. The number of hydrogen-bond donors (Lipinski definition) is 0. The van der Waals surface area contributed by atoms with Gasteiger partial charge in [0.05, 0.1) is 11.4 Å². The van der Waals surface area contributed by atoms with E-state index in [1.54, 1.807) is 24.2 Å². The van der Waals surface area contributed by atoms with Crippen molar-refractivity contribution in [3.8, 4) is 0 Å². The lowest BCUT2D eigenvalue weighted by Gasteiger charge is -2.38. The van der Waals surface area contributed by atoms with E-state index in [-0.39, 0.29) is 10.7 Å². The van der Waals surface area contributed by atoms with Crippen molar-refractivity contribution < 1.29 is 14.1 Å². The number of nitrogens with zero attached hydrogens (tertiary/aromatic N) is 5. The van der Waals surface area contributed by atoms with Crippen molar-refractivity contribution in [2.45, 2.75) is 38.5 Å². The zero-order valence-corrected chi connectivity index (χ0v) is 20.4. The lowest BCUT2D eigenvalue weighted by Crippen LogP contribution is -2.46. The molecule has 1 atom stereocenters. The largest absolute Gasteiger partial charge is 0.609 e. The lowest BCUT2D eigenvalue weighted by atomic mass is 10.1. The van der Waals surface area contributed by atoms with Gasteiger partial charge >= 0.3 is 11.2 Å². The lowest BCUT2D eigenvalue weighted by molar-refractivity contribution is 0.0580. The molecule has 0 radical (unpaired) electrons. The molecule has 0 saturated heterocycles. The SMILES string of the molecule is Cc1cccc2c1N(C(=O)OC(C)(C)C)CCN2c1cc2cnc([S+](C)[O-])nc2n(C)c1=O. The third-order valence-corrected chi connectivity index (χ3v) is 6.10. The molecule has 1 aliphatic rings. The fourth-order valence-electron chi connectivity index (χ4n) is 3.94. The molecular formula is C23H27N5O4S. The average molecular weight is 470 g/mol. The number of anilines is 3. The summed E-state index contributed by atoms with van der Waals surface area (Å²) < 4.78 is 18.9. The van der Waals surface area contributed by atoms with Crippen molar-refractivity contribution in [3.63, 3.8) is 0 Å². The first-order valence-corrected chi connectivity index (χ1v) is 12.1. The summed E-state index contributed by atoms with van der Waals surface area (Å²) in [5.41, 5.74) is 2.37. The summed E-state index contributed by atoms with van der Waals surface area (Å²) in [5.74, 6) is 0. The van der Waals surface area contributed by atoms with Crippen molar-refractivity contribution in [1.82, 2.24) is 14.5 Å². The molecule has 0 aliphatic carbocycles. The number of amides is 1. The Kier molecular flexibility index (Phi) is 5.83. The maximum atomic E-state index is 13.3. The topological polar surface area (TPSA) is 104 Å². The van der Waals surface area contributed by atoms with Gasteiger partial charge in [-0.2, -0.15) is 9.97 Å². The number of para-hydroxylation sites is 1. The van der Waals surface area contributed by atoms with Gasteiger partial charge in [0.25, 0.3) is 5.56 Å². The predicted molar refractivity (Wildman–Crippen MR) is 129 cm³/mol. The van der Waals surface area contributed by atoms with Crippen LogP contribution in [-0.4, -0.2) is 50.1 Å². The first-order chi connectivity index (χ1) is 15.5. The molecule has 3 heterocycles. The third-order valence-electron chi connectivity index (χ3n) is 5.39. The van der Waals surface area contributed by atoms with Crippen molar-refractivity contribution in [3.05, 3.63) is 46.4 Å². The second-order valence-corrected chi connectivity index (χ2v) is 10.3. The van der Waals surface area contributed by atoms with Crippen LogP contribution in [0.2, 0.25) is 0 Å². The van der Waals surface area contributed by atoms with Crippen LogP contribution in [0.1, 0.15) is 26.3 Å². The van der Waals surface area contributed by atoms with E-state index in [4.69, 9.17) is 4.74 Å². The normalized spacial score (nSPS) is 14.9. The van der Waals surface area contributed by atoms with E-state index in [0.717, 1.165) is 11.3 Å². The van der Waals surface area contributed by atoms with Crippen LogP contribution in [-0.2, 0) is 23.0 Å². The zero-order chi connectivity index (χ0) is 24.1. The van der Waals surface area contributed by atoms with Crippen LogP contribution >= 0.6 is 0 Å². The molecule has 3 aromatic rings. The molecule has 1 amide bonds. The maximum Gasteiger partial charge on any atom is 0.414 e. The Balaban J connectivity index is 1.83. The number of aromatic nitrogens is 3. The van der Waals surface area contributed by atoms with Crippen molar-refractivity contribution >= 4 is 45.4 Å². The summed E-state index contributed by atoms with van der Waals surface area (Å²) in [6.07, 6.45) is 2.66. The average Bonchev–Trinajstić information content (AvgIpc) is 2.74. The zero-order valence-electron chi connectivity index (χ0n) is 19.6. The van der Waals surface area contributed by atoms with Crippen molar-refractivity contribution in [2.75, 3.05) is 29.1 Å². The van der Waals surface area contributed by atoms with Gasteiger partial charge in [-0.15, -0.1) is 0 Å². The Hall–Kier alpha value is -3.11. The summed E-state index contributed by atoms with van der Waals surface area (Å²) >= 11 is -1.36. The minimum atomic E-state index is -1.36. The summed E-state index contributed by atoms with van der Waals surface area (Å²) in [4.78, 5) is 38.3. The van der Waals surface area contributed by atoms with Gasteiger partial charge in [0, 0.05) is 42.9 Å². The van der Waals surface area contributed by atoms with E-state index in [9.17, 15) is 14.1 Å². The number of benzene rings is 1. The minimum Gasteiger partial charge on any atom is -0.609 e. The number of pyridine rings is 1. The van der Waals surface area contributed by atoms with Crippen LogP contribution in [0.25, 0.3) is 11.0 Å². The minimum absolute atomic E-state index is 0.178. The number of rotatable bonds is 2. The first kappa shape index (κ1) is 23.1. The molecule has 0 saturated carbocycles. The maximum absolute atomic E-state index is 13.3. The monoisotopic (exact) mass is 469 g/mol. The van der Waals surface area contributed by atoms with E-state index < -0.39 is 22.9 Å². The van der Waals surface area contributed by atoms with Crippen LogP contribution < -0.4 is 15.4 Å². The fraction of sp³-hybridized carbons (Fsp3) is 0.391. The summed E-state index contributed by atoms with van der Waals surface area (Å²) in [5, 5.41) is 0.835. The van der Waals surface area contributed by atoms with Crippen molar-refractivity contribution in [2.24, 2.45) is 7.05 Å². The number of carbonyl (C=O) groups excluding carboxylic acids is 1. The number of carbonyl (C=O) groups is 1. The predicted octanol–water partition coefficient (Wildman–Crippen LogP) is 3.27. The highest BCUT2D eigenvalue weighted by molar-refractivity contribution is 7.90. The Morgan fingerprint density at radius 3 is 2.61 bits per heavy atom. The Labute approximate surface area is 195 Å². The molecule has 4 rings (SSSR count). The molecule has 0 N–H and O–H groups in total. The van der Waals surface area contributed by atoms with Gasteiger partial charge in [-0.25, -0.2) is 4.79 Å². The van der Waals surface area contributed by atoms with Gasteiger partial charge in [0.2, 0.25) is 0 Å². The molecular weight excluding hydrogens is 442 g/mol. The number of fused-ring (bicyclic) bond motifs is 2. The molecule has 9 nitrogen and oxygen atoms in total. The van der Waals surface area contributed by atoms with Gasteiger partial charge in [0.15, 0.2) is 5.65 Å². The standard InChI is InChI=1S/C23H27N5O4S/c1-14-8-7-9-16-18(14)28(22(30)32-23(2,3)4)11-10-27(16)17-12-15-13-24-21(33(6)31)25-19(15)26(5)20(17)29/h7-9,12-13H,10-11H2,1-6H3. The third kappa shape index (κ3) is 4.28. The number of hydrogen-bond acceptors (Lipinski definition) is 7. The van der Waals surface area contributed by atoms with Crippen LogP contribution in [0, 0.1) is 6.92 Å².